The van der Waals surface area contributed by atoms with Crippen LogP contribution >= 0.6 is 0 Å². The van der Waals surface area contributed by atoms with Gasteiger partial charge in [0.1, 0.15) is 0 Å². The molecule has 0 radical (unpaired) electrons. The van der Waals surface area contributed by atoms with Gasteiger partial charge in [-0.2, -0.15) is 4.80 Å². The number of aromatic nitrogens is 4. The van der Waals surface area contributed by atoms with Crippen LogP contribution in [0.25, 0.3) is 11.4 Å². The van der Waals surface area contributed by atoms with E-state index in [1.165, 1.54) is 11.9 Å². The lowest BCUT2D eigenvalue weighted by Crippen LogP contribution is -2.42. The Kier molecular flexibility index (Phi) is 7.31. The molecule has 0 unspecified atom stereocenters. The lowest BCUT2D eigenvalue weighted by atomic mass is 10.1. The van der Waals surface area contributed by atoms with Crippen LogP contribution in [0.3, 0.4) is 0 Å². The monoisotopic (exact) mass is 472 g/mol. The van der Waals surface area contributed by atoms with Crippen LogP contribution in [-0.4, -0.2) is 46.2 Å². The zero-order valence-electron chi connectivity index (χ0n) is 19.3. The van der Waals surface area contributed by atoms with Crippen molar-refractivity contribution in [1.29, 1.82) is 0 Å². The van der Waals surface area contributed by atoms with Crippen molar-refractivity contribution >= 4 is 11.8 Å². The van der Waals surface area contributed by atoms with Gasteiger partial charge < -0.3 is 9.47 Å². The molecule has 0 saturated heterocycles. The second kappa shape index (κ2) is 10.9. The molecule has 0 spiro atoms. The molecule has 2 amide bonds. The fourth-order valence-corrected chi connectivity index (χ4v) is 3.36. The summed E-state index contributed by atoms with van der Waals surface area (Å²) in [5.41, 5.74) is 7.76. The molecule has 0 atom stereocenters. The Bertz CT molecular complexity index is 1310. The topological polar surface area (TPSA) is 120 Å². The van der Waals surface area contributed by atoms with Gasteiger partial charge >= 0.3 is 0 Å². The second-order valence-corrected chi connectivity index (χ2v) is 7.57. The van der Waals surface area contributed by atoms with Gasteiger partial charge in [-0.05, 0) is 40.6 Å². The molecule has 35 heavy (non-hydrogen) atoms. The van der Waals surface area contributed by atoms with Crippen LogP contribution in [0, 0.1) is 0 Å². The molecule has 0 fully saturated rings. The van der Waals surface area contributed by atoms with E-state index >= 15 is 0 Å². The first-order valence-corrected chi connectivity index (χ1v) is 10.8. The highest BCUT2D eigenvalue weighted by atomic mass is 16.5. The highest BCUT2D eigenvalue weighted by Gasteiger charge is 2.11. The Hall–Kier alpha value is -4.73. The zero-order valence-corrected chi connectivity index (χ0v) is 19.3. The number of rotatable bonds is 8. The summed E-state index contributed by atoms with van der Waals surface area (Å²) in [5.74, 6) is 0.852. The van der Waals surface area contributed by atoms with E-state index in [1.54, 1.807) is 49.6 Å². The van der Waals surface area contributed by atoms with Crippen molar-refractivity contribution < 1.29 is 19.1 Å². The van der Waals surface area contributed by atoms with Crippen molar-refractivity contribution in [3.8, 4) is 22.9 Å². The Morgan fingerprint density at radius 3 is 2.29 bits per heavy atom. The van der Waals surface area contributed by atoms with Crippen LogP contribution in [0.4, 0.5) is 0 Å². The van der Waals surface area contributed by atoms with Gasteiger partial charge in [-0.1, -0.05) is 48.5 Å². The van der Waals surface area contributed by atoms with Gasteiger partial charge in [0, 0.05) is 11.1 Å². The van der Waals surface area contributed by atoms with Gasteiger partial charge in [0.05, 0.1) is 27.2 Å². The molecule has 1 heterocycles. The predicted octanol–water partition coefficient (Wildman–Crippen LogP) is 2.41. The minimum absolute atomic E-state index is 0.0649. The number of carbonyl (C=O) groups is 2. The Morgan fingerprint density at radius 1 is 0.857 bits per heavy atom. The first-order chi connectivity index (χ1) is 17.1. The van der Waals surface area contributed by atoms with Gasteiger partial charge in [-0.25, -0.2) is 0 Å². The summed E-state index contributed by atoms with van der Waals surface area (Å²) in [6, 6.07) is 21.7. The third kappa shape index (κ3) is 5.99. The normalized spacial score (nSPS) is 10.5. The van der Waals surface area contributed by atoms with Crippen LogP contribution in [0.2, 0.25) is 0 Å². The molecular formula is C25H24N6O4. The van der Waals surface area contributed by atoms with E-state index in [9.17, 15) is 9.59 Å². The SMILES string of the molecule is COc1ccc(CC(=O)NNC(=O)c2ccc(Cn3nnc(-c4ccccc4)n3)cc2)cc1OC. The minimum atomic E-state index is -0.428. The number of nitrogens with one attached hydrogen (secondary N) is 2. The van der Waals surface area contributed by atoms with Gasteiger partial charge in [0.15, 0.2) is 11.5 Å². The van der Waals surface area contributed by atoms with Gasteiger partial charge in [0.2, 0.25) is 11.7 Å². The standard InChI is InChI=1S/C25H24N6O4/c1-34-21-13-10-18(14-22(21)35-2)15-23(32)26-28-25(33)20-11-8-17(9-12-20)16-31-29-24(27-30-31)19-6-4-3-5-7-19/h3-14H,15-16H2,1-2H3,(H,26,32)(H,28,33). The average molecular weight is 473 g/mol. The van der Waals surface area contributed by atoms with E-state index in [1.807, 2.05) is 30.3 Å². The summed E-state index contributed by atoms with van der Waals surface area (Å²) in [7, 11) is 3.07. The summed E-state index contributed by atoms with van der Waals surface area (Å²) in [5, 5.41) is 12.6. The largest absolute Gasteiger partial charge is 0.493 e. The van der Waals surface area contributed by atoms with Gasteiger partial charge in [-0.15, -0.1) is 10.2 Å². The molecule has 0 aliphatic heterocycles. The summed E-state index contributed by atoms with van der Waals surface area (Å²) >= 11 is 0. The van der Waals surface area contributed by atoms with Crippen LogP contribution in [-0.2, 0) is 17.8 Å². The van der Waals surface area contributed by atoms with E-state index in [4.69, 9.17) is 9.47 Å². The number of ether oxygens (including phenoxy) is 2. The van der Waals surface area contributed by atoms with Crippen LogP contribution in [0.1, 0.15) is 21.5 Å². The highest BCUT2D eigenvalue weighted by molar-refractivity contribution is 5.95. The molecular weight excluding hydrogens is 448 g/mol. The number of tetrazole rings is 1. The highest BCUT2D eigenvalue weighted by Crippen LogP contribution is 2.27. The van der Waals surface area contributed by atoms with Crippen molar-refractivity contribution in [1.82, 2.24) is 31.1 Å². The number of carbonyl (C=O) groups excluding carboxylic acids is 2. The lowest BCUT2D eigenvalue weighted by Gasteiger charge is -2.10. The van der Waals surface area contributed by atoms with Crippen LogP contribution in [0.15, 0.2) is 72.8 Å². The van der Waals surface area contributed by atoms with Crippen molar-refractivity contribution in [3.05, 3.63) is 89.5 Å². The average Bonchev–Trinajstić information content (AvgIpc) is 3.36. The third-order valence-electron chi connectivity index (χ3n) is 5.15. The van der Waals surface area contributed by atoms with Crippen LogP contribution in [0.5, 0.6) is 11.5 Å². The third-order valence-corrected chi connectivity index (χ3v) is 5.15. The molecule has 1 aromatic heterocycles. The number of amides is 2. The van der Waals surface area contributed by atoms with Crippen molar-refractivity contribution in [2.45, 2.75) is 13.0 Å². The van der Waals surface area contributed by atoms with Gasteiger partial charge in [0.25, 0.3) is 5.91 Å². The number of nitrogens with zero attached hydrogens (tertiary/aromatic N) is 4. The summed E-state index contributed by atoms with van der Waals surface area (Å²) in [4.78, 5) is 26.1. The lowest BCUT2D eigenvalue weighted by molar-refractivity contribution is -0.121. The molecule has 0 aliphatic carbocycles. The first kappa shape index (κ1) is 23.4. The molecule has 3 aromatic carbocycles. The number of methoxy groups -OCH3 is 2. The summed E-state index contributed by atoms with van der Waals surface area (Å²) < 4.78 is 10.4. The molecule has 4 aromatic rings. The predicted molar refractivity (Wildman–Crippen MR) is 128 cm³/mol. The molecule has 4 rings (SSSR count). The van der Waals surface area contributed by atoms with E-state index < -0.39 is 5.91 Å². The first-order valence-electron chi connectivity index (χ1n) is 10.8. The minimum Gasteiger partial charge on any atom is -0.493 e. The molecule has 10 nitrogen and oxygen atoms in total. The Morgan fingerprint density at radius 2 is 1.57 bits per heavy atom. The Balaban J connectivity index is 1.29. The van der Waals surface area contributed by atoms with E-state index in [2.05, 4.69) is 26.3 Å². The number of hydrogen-bond acceptors (Lipinski definition) is 7. The molecule has 0 saturated carbocycles. The zero-order chi connectivity index (χ0) is 24.6. The maximum absolute atomic E-state index is 12.4. The second-order valence-electron chi connectivity index (χ2n) is 7.57. The van der Waals surface area contributed by atoms with E-state index in [-0.39, 0.29) is 12.3 Å². The van der Waals surface area contributed by atoms with E-state index in [0.717, 1.165) is 16.7 Å². The quantitative estimate of drug-likeness (QED) is 0.378. The van der Waals surface area contributed by atoms with Crippen LogP contribution < -0.4 is 20.3 Å². The van der Waals surface area contributed by atoms with Crippen molar-refractivity contribution in [2.75, 3.05) is 14.2 Å². The molecule has 2 N–H and O–H groups in total. The van der Waals surface area contributed by atoms with Crippen molar-refractivity contribution in [3.63, 3.8) is 0 Å². The smallest absolute Gasteiger partial charge is 0.269 e. The molecule has 0 bridgehead atoms. The summed E-state index contributed by atoms with van der Waals surface area (Å²) in [6.07, 6.45) is 0.0649. The number of hydrazine groups is 1. The molecule has 10 heteroatoms. The molecule has 178 valence electrons. The van der Waals surface area contributed by atoms with Crippen molar-refractivity contribution in [2.24, 2.45) is 0 Å². The fraction of sp³-hybridized carbons (Fsp3) is 0.160. The maximum Gasteiger partial charge on any atom is 0.269 e. The number of benzene rings is 3. The maximum atomic E-state index is 12.4. The summed E-state index contributed by atoms with van der Waals surface area (Å²) in [6.45, 7) is 0.407. The Labute approximate surface area is 201 Å². The number of hydrogen-bond donors (Lipinski definition) is 2. The van der Waals surface area contributed by atoms with Gasteiger partial charge in [-0.3, -0.25) is 20.4 Å². The molecule has 0 aliphatic rings. The van der Waals surface area contributed by atoms with E-state index in [0.29, 0.717) is 29.4 Å². The fourth-order valence-electron chi connectivity index (χ4n) is 3.36.